The maximum absolute atomic E-state index is 13.5. The Morgan fingerprint density at radius 3 is 3.12 bits per heavy atom. The number of piperidine rings is 1. The Kier molecular flexibility index (Phi) is 6.59. The highest BCUT2D eigenvalue weighted by atomic mass is 32.2. The fraction of sp³-hybridized carbons (Fsp3) is 0.632. The average molecular weight is 366 g/mol. The van der Waals surface area contributed by atoms with E-state index >= 15 is 0 Å². The summed E-state index contributed by atoms with van der Waals surface area (Å²) in [6, 6.07) is 4.58. The number of nitrogens with one attached hydrogen (secondary N) is 2. The lowest BCUT2D eigenvalue weighted by Crippen LogP contribution is -2.41. The van der Waals surface area contributed by atoms with Gasteiger partial charge in [0.25, 0.3) is 0 Å². The molecule has 0 aromatic heterocycles. The van der Waals surface area contributed by atoms with Crippen molar-refractivity contribution in [3.8, 4) is 0 Å². The number of carbonyl (C=O) groups excluding carboxylic acids is 1. The zero-order valence-corrected chi connectivity index (χ0v) is 15.7. The van der Waals surface area contributed by atoms with Crippen molar-refractivity contribution in [3.05, 3.63) is 29.6 Å². The number of fused-ring (bicyclic) bond motifs is 1. The Hall–Kier alpha value is -1.27. The van der Waals surface area contributed by atoms with Gasteiger partial charge in [-0.1, -0.05) is 6.92 Å². The smallest absolute Gasteiger partial charge is 0.315 e. The van der Waals surface area contributed by atoms with E-state index in [2.05, 4.69) is 22.5 Å². The standard InChI is InChI=1S/C19H28FN3OS/c1-14-4-2-9-23(13-14)10-3-8-21-19(24)22-17-7-11-25-18-6-5-15(20)12-16(17)18/h5-6,12,14,17H,2-4,7-11,13H2,1H3,(H2,21,22,24)/t14-,17-/m1/s1. The maximum atomic E-state index is 13.5. The molecule has 25 heavy (non-hydrogen) atoms. The molecular formula is C19H28FN3OS. The molecule has 4 nitrogen and oxygen atoms in total. The molecule has 2 heterocycles. The third kappa shape index (κ3) is 5.35. The lowest BCUT2D eigenvalue weighted by molar-refractivity contribution is 0.181. The summed E-state index contributed by atoms with van der Waals surface area (Å²) in [7, 11) is 0. The molecule has 0 unspecified atom stereocenters. The first-order chi connectivity index (χ1) is 12.1. The summed E-state index contributed by atoms with van der Waals surface area (Å²) in [5, 5.41) is 5.95. The van der Waals surface area contributed by atoms with Gasteiger partial charge >= 0.3 is 6.03 Å². The summed E-state index contributed by atoms with van der Waals surface area (Å²) in [6.45, 7) is 6.38. The van der Waals surface area contributed by atoms with Gasteiger partial charge in [0, 0.05) is 23.7 Å². The van der Waals surface area contributed by atoms with Crippen molar-refractivity contribution in [1.29, 1.82) is 0 Å². The topological polar surface area (TPSA) is 44.4 Å². The number of amides is 2. The van der Waals surface area contributed by atoms with Crippen LogP contribution in [0, 0.1) is 11.7 Å². The Morgan fingerprint density at radius 2 is 2.28 bits per heavy atom. The SMILES string of the molecule is C[C@@H]1CCCN(CCCNC(=O)N[C@@H]2CCSc3ccc(F)cc32)C1. The number of benzene rings is 1. The minimum Gasteiger partial charge on any atom is -0.338 e. The third-order valence-corrected chi connectivity index (χ3v) is 6.12. The second kappa shape index (κ2) is 8.90. The largest absolute Gasteiger partial charge is 0.338 e. The van der Waals surface area contributed by atoms with Crippen LogP contribution >= 0.6 is 11.8 Å². The predicted octanol–water partition coefficient (Wildman–Crippen LogP) is 3.78. The normalized spacial score (nSPS) is 23.8. The van der Waals surface area contributed by atoms with Crippen LogP contribution in [0.25, 0.3) is 0 Å². The molecule has 3 rings (SSSR count). The maximum Gasteiger partial charge on any atom is 0.315 e. The minimum atomic E-state index is -0.246. The summed E-state index contributed by atoms with van der Waals surface area (Å²) >= 11 is 1.72. The lowest BCUT2D eigenvalue weighted by atomic mass is 10.0. The van der Waals surface area contributed by atoms with E-state index in [1.165, 1.54) is 32.0 Å². The number of rotatable bonds is 5. The number of thioether (sulfide) groups is 1. The van der Waals surface area contributed by atoms with E-state index in [-0.39, 0.29) is 17.9 Å². The molecule has 0 spiro atoms. The number of halogens is 1. The molecule has 0 aliphatic carbocycles. The van der Waals surface area contributed by atoms with Gasteiger partial charge in [0.2, 0.25) is 0 Å². The van der Waals surface area contributed by atoms with Gasteiger partial charge < -0.3 is 15.5 Å². The van der Waals surface area contributed by atoms with Crippen LogP contribution in [0.4, 0.5) is 9.18 Å². The molecule has 1 aromatic rings. The first-order valence-corrected chi connectivity index (χ1v) is 10.3. The van der Waals surface area contributed by atoms with Gasteiger partial charge in [-0.3, -0.25) is 0 Å². The predicted molar refractivity (Wildman–Crippen MR) is 100 cm³/mol. The number of hydrogen-bond donors (Lipinski definition) is 2. The minimum absolute atomic E-state index is 0.102. The van der Waals surface area contributed by atoms with E-state index in [0.717, 1.165) is 41.5 Å². The molecule has 2 N–H and O–H groups in total. The van der Waals surface area contributed by atoms with Crippen molar-refractivity contribution in [2.75, 3.05) is 31.9 Å². The van der Waals surface area contributed by atoms with Gasteiger partial charge in [-0.05, 0) is 68.5 Å². The number of urea groups is 1. The summed E-state index contributed by atoms with van der Waals surface area (Å²) in [5.41, 5.74) is 0.897. The highest BCUT2D eigenvalue weighted by molar-refractivity contribution is 7.99. The van der Waals surface area contributed by atoms with Gasteiger partial charge in [-0.15, -0.1) is 11.8 Å². The highest BCUT2D eigenvalue weighted by Crippen LogP contribution is 2.36. The Morgan fingerprint density at radius 1 is 1.40 bits per heavy atom. The van der Waals surface area contributed by atoms with Crippen molar-refractivity contribution in [1.82, 2.24) is 15.5 Å². The summed E-state index contributed by atoms with van der Waals surface area (Å²) in [6.07, 6.45) is 4.41. The van der Waals surface area contributed by atoms with Crippen LogP contribution in [0.3, 0.4) is 0 Å². The highest BCUT2D eigenvalue weighted by Gasteiger charge is 2.23. The molecule has 1 aromatic carbocycles. The molecule has 2 aliphatic heterocycles. The van der Waals surface area contributed by atoms with E-state index in [9.17, 15) is 9.18 Å². The molecule has 0 saturated carbocycles. The van der Waals surface area contributed by atoms with Crippen LogP contribution in [0.1, 0.15) is 44.2 Å². The first kappa shape index (κ1) is 18.5. The number of carbonyl (C=O) groups is 1. The zero-order valence-electron chi connectivity index (χ0n) is 14.9. The van der Waals surface area contributed by atoms with E-state index in [4.69, 9.17) is 0 Å². The third-order valence-electron chi connectivity index (χ3n) is 4.99. The summed E-state index contributed by atoms with van der Waals surface area (Å²) in [4.78, 5) is 15.7. The van der Waals surface area contributed by atoms with Gasteiger partial charge in [0.15, 0.2) is 0 Å². The van der Waals surface area contributed by atoms with Crippen molar-refractivity contribution in [2.24, 2.45) is 5.92 Å². The van der Waals surface area contributed by atoms with E-state index in [1.807, 2.05) is 0 Å². The van der Waals surface area contributed by atoms with Gasteiger partial charge in [-0.25, -0.2) is 9.18 Å². The van der Waals surface area contributed by atoms with E-state index in [1.54, 1.807) is 23.9 Å². The second-order valence-corrected chi connectivity index (χ2v) is 8.31. The Labute approximate surface area is 153 Å². The van der Waals surface area contributed by atoms with Crippen molar-refractivity contribution >= 4 is 17.8 Å². The summed E-state index contributed by atoms with van der Waals surface area (Å²) < 4.78 is 13.5. The van der Waals surface area contributed by atoms with Crippen LogP contribution in [-0.2, 0) is 0 Å². The van der Waals surface area contributed by atoms with Crippen molar-refractivity contribution in [2.45, 2.75) is 43.5 Å². The first-order valence-electron chi connectivity index (χ1n) is 9.31. The average Bonchev–Trinajstić information content (AvgIpc) is 2.59. The fourth-order valence-corrected chi connectivity index (χ4v) is 4.82. The number of likely N-dealkylation sites (tertiary alicyclic amines) is 1. The van der Waals surface area contributed by atoms with Crippen LogP contribution in [-0.4, -0.2) is 42.9 Å². The van der Waals surface area contributed by atoms with E-state index < -0.39 is 0 Å². The van der Waals surface area contributed by atoms with Gasteiger partial charge in [0.05, 0.1) is 6.04 Å². The molecule has 2 amide bonds. The van der Waals surface area contributed by atoms with Crippen LogP contribution in [0.2, 0.25) is 0 Å². The van der Waals surface area contributed by atoms with Gasteiger partial charge in [-0.2, -0.15) is 0 Å². The zero-order chi connectivity index (χ0) is 17.6. The van der Waals surface area contributed by atoms with Crippen LogP contribution in [0.15, 0.2) is 23.1 Å². The van der Waals surface area contributed by atoms with Crippen molar-refractivity contribution in [3.63, 3.8) is 0 Å². The van der Waals surface area contributed by atoms with Crippen LogP contribution in [0.5, 0.6) is 0 Å². The molecule has 1 saturated heterocycles. The molecule has 0 bridgehead atoms. The van der Waals surface area contributed by atoms with Crippen LogP contribution < -0.4 is 10.6 Å². The quantitative estimate of drug-likeness (QED) is 0.781. The summed E-state index contributed by atoms with van der Waals surface area (Å²) in [5.74, 6) is 1.48. The molecule has 138 valence electrons. The monoisotopic (exact) mass is 365 g/mol. The molecule has 2 aliphatic rings. The molecule has 1 fully saturated rings. The van der Waals surface area contributed by atoms with Crippen molar-refractivity contribution < 1.29 is 9.18 Å². The number of hydrogen-bond acceptors (Lipinski definition) is 3. The second-order valence-electron chi connectivity index (χ2n) is 7.17. The lowest BCUT2D eigenvalue weighted by Gasteiger charge is -2.30. The number of nitrogens with zero attached hydrogens (tertiary/aromatic N) is 1. The molecular weight excluding hydrogens is 337 g/mol. The Bertz CT molecular complexity index is 598. The molecule has 2 atom stereocenters. The van der Waals surface area contributed by atoms with Gasteiger partial charge in [0.1, 0.15) is 5.82 Å². The van der Waals surface area contributed by atoms with E-state index in [0.29, 0.717) is 6.54 Å². The molecule has 0 radical (unpaired) electrons. The Balaban J connectivity index is 1.41. The molecule has 6 heteroatoms. The fourth-order valence-electron chi connectivity index (χ4n) is 3.72.